The molecule has 7 heteroatoms. The van der Waals surface area contributed by atoms with Crippen molar-refractivity contribution in [2.75, 3.05) is 18.8 Å². The highest BCUT2D eigenvalue weighted by Crippen LogP contribution is 2.36. The summed E-state index contributed by atoms with van der Waals surface area (Å²) >= 11 is 1.53. The second-order valence-electron chi connectivity index (χ2n) is 6.22. The number of hydrogen-bond acceptors (Lipinski definition) is 4. The zero-order chi connectivity index (χ0) is 19.4. The van der Waals surface area contributed by atoms with Crippen LogP contribution in [0.2, 0.25) is 0 Å². The maximum atomic E-state index is 14.0. The molecule has 0 aromatic heterocycles. The number of carbonyl (C=O) groups is 2. The van der Waals surface area contributed by atoms with Gasteiger partial charge in [0.15, 0.2) is 0 Å². The quantitative estimate of drug-likeness (QED) is 0.581. The van der Waals surface area contributed by atoms with E-state index in [4.69, 9.17) is 4.74 Å². The van der Waals surface area contributed by atoms with E-state index < -0.39 is 17.6 Å². The Balaban J connectivity index is 1.67. The Morgan fingerprint density at radius 2 is 1.85 bits per heavy atom. The average Bonchev–Trinajstić information content (AvgIpc) is 2.89. The summed E-state index contributed by atoms with van der Waals surface area (Å²) in [4.78, 5) is 25.4. The van der Waals surface area contributed by atoms with E-state index in [0.29, 0.717) is 42.1 Å². The Labute approximate surface area is 160 Å². The van der Waals surface area contributed by atoms with E-state index in [-0.39, 0.29) is 11.2 Å². The third kappa shape index (κ3) is 4.86. The van der Waals surface area contributed by atoms with Crippen molar-refractivity contribution < 1.29 is 23.1 Å². The van der Waals surface area contributed by atoms with Crippen molar-refractivity contribution in [3.8, 4) is 5.75 Å². The first-order valence-corrected chi connectivity index (χ1v) is 9.63. The predicted molar refractivity (Wildman–Crippen MR) is 99.8 cm³/mol. The molecule has 1 heterocycles. The van der Waals surface area contributed by atoms with Crippen LogP contribution in [0.15, 0.2) is 42.5 Å². The minimum atomic E-state index is -0.461. The summed E-state index contributed by atoms with van der Waals surface area (Å²) in [5, 5.41) is -0.190. The minimum absolute atomic E-state index is 0.134. The number of thioether (sulfide) groups is 1. The molecule has 1 saturated heterocycles. The summed E-state index contributed by atoms with van der Waals surface area (Å²) < 4.78 is 32.5. The number of halogens is 2. The molecule has 0 radical (unpaired) electrons. The number of nitrogens with zero attached hydrogens (tertiary/aromatic N) is 1. The van der Waals surface area contributed by atoms with Crippen molar-refractivity contribution in [2.24, 2.45) is 0 Å². The van der Waals surface area contributed by atoms with E-state index >= 15 is 0 Å². The molecule has 27 heavy (non-hydrogen) atoms. The fraction of sp³-hybridized carbons (Fsp3) is 0.300. The van der Waals surface area contributed by atoms with E-state index in [1.807, 2.05) is 0 Å². The first-order chi connectivity index (χ1) is 12.9. The number of ether oxygens (including phenoxy) is 1. The number of amides is 1. The lowest BCUT2D eigenvalue weighted by molar-refractivity contribution is -0.131. The Morgan fingerprint density at radius 1 is 1.11 bits per heavy atom. The van der Waals surface area contributed by atoms with E-state index in [1.54, 1.807) is 29.2 Å². The lowest BCUT2D eigenvalue weighted by atomic mass is 10.1. The zero-order valence-corrected chi connectivity index (χ0v) is 15.6. The molecule has 0 saturated carbocycles. The van der Waals surface area contributed by atoms with Crippen molar-refractivity contribution >= 4 is 23.6 Å². The van der Waals surface area contributed by atoms with Gasteiger partial charge < -0.3 is 9.64 Å². The normalized spacial score (nSPS) is 17.3. The Bertz CT molecular complexity index is 842. The van der Waals surface area contributed by atoms with E-state index in [1.165, 1.54) is 24.8 Å². The topological polar surface area (TPSA) is 46.6 Å². The van der Waals surface area contributed by atoms with Crippen LogP contribution in [0.1, 0.15) is 34.5 Å². The molecule has 2 aromatic rings. The second-order valence-corrected chi connectivity index (χ2v) is 7.53. The van der Waals surface area contributed by atoms with Crippen LogP contribution in [0.3, 0.4) is 0 Å². The molecule has 1 fully saturated rings. The van der Waals surface area contributed by atoms with Gasteiger partial charge in [-0.1, -0.05) is 0 Å². The largest absolute Gasteiger partial charge is 0.427 e. The van der Waals surface area contributed by atoms with Crippen LogP contribution in [0.25, 0.3) is 0 Å². The molecular weight excluding hydrogens is 372 g/mol. The van der Waals surface area contributed by atoms with Gasteiger partial charge in [0.2, 0.25) is 0 Å². The molecule has 1 aliphatic heterocycles. The van der Waals surface area contributed by atoms with E-state index in [0.717, 1.165) is 12.1 Å². The van der Waals surface area contributed by atoms with Gasteiger partial charge in [-0.25, -0.2) is 8.78 Å². The lowest BCUT2D eigenvalue weighted by Gasteiger charge is -2.20. The summed E-state index contributed by atoms with van der Waals surface area (Å²) in [6.45, 7) is 2.30. The van der Waals surface area contributed by atoms with Gasteiger partial charge in [0, 0.05) is 42.1 Å². The molecule has 0 bridgehead atoms. The van der Waals surface area contributed by atoms with Crippen molar-refractivity contribution in [2.45, 2.75) is 18.6 Å². The van der Waals surface area contributed by atoms with Gasteiger partial charge in [-0.15, -0.1) is 0 Å². The first kappa shape index (κ1) is 19.4. The van der Waals surface area contributed by atoms with E-state index in [2.05, 4.69) is 0 Å². The van der Waals surface area contributed by atoms with Crippen LogP contribution < -0.4 is 4.74 Å². The van der Waals surface area contributed by atoms with E-state index in [9.17, 15) is 18.4 Å². The van der Waals surface area contributed by atoms with Gasteiger partial charge in [-0.3, -0.25) is 9.59 Å². The van der Waals surface area contributed by atoms with Crippen LogP contribution in [0.5, 0.6) is 5.75 Å². The summed E-state index contributed by atoms with van der Waals surface area (Å²) in [7, 11) is 0. The number of carbonyl (C=O) groups excluding carboxylic acids is 2. The molecule has 142 valence electrons. The first-order valence-electron chi connectivity index (χ1n) is 8.58. The minimum Gasteiger partial charge on any atom is -0.427 e. The summed E-state index contributed by atoms with van der Waals surface area (Å²) in [5.74, 6) is -0.420. The smallest absolute Gasteiger partial charge is 0.308 e. The van der Waals surface area contributed by atoms with Gasteiger partial charge in [0.05, 0.1) is 0 Å². The molecule has 0 spiro atoms. The van der Waals surface area contributed by atoms with Crippen LogP contribution in [-0.4, -0.2) is 35.6 Å². The van der Waals surface area contributed by atoms with Gasteiger partial charge in [-0.2, -0.15) is 11.8 Å². The van der Waals surface area contributed by atoms with Crippen LogP contribution in [0, 0.1) is 11.6 Å². The van der Waals surface area contributed by atoms with Crippen molar-refractivity contribution in [3.05, 3.63) is 65.2 Å². The highest BCUT2D eigenvalue weighted by molar-refractivity contribution is 7.99. The summed E-state index contributed by atoms with van der Waals surface area (Å²) in [6, 6.07) is 9.86. The molecule has 0 unspecified atom stereocenters. The van der Waals surface area contributed by atoms with Crippen molar-refractivity contribution in [1.82, 2.24) is 4.90 Å². The third-order valence-electron chi connectivity index (χ3n) is 4.30. The van der Waals surface area contributed by atoms with Gasteiger partial charge in [-0.05, 0) is 48.9 Å². The maximum Gasteiger partial charge on any atom is 0.308 e. The Kier molecular flexibility index (Phi) is 6.11. The standard InChI is InChI=1S/C20H19F2NO3S/c1-13(24)26-16-5-2-14(3-6-16)20(25)23-9-8-19(27-11-10-23)17-12-15(21)4-7-18(17)22/h2-7,12,19H,8-11H2,1H3/t19-/m0/s1. The molecule has 0 N–H and O–H groups in total. The van der Waals surface area contributed by atoms with Crippen LogP contribution in [0.4, 0.5) is 8.78 Å². The highest BCUT2D eigenvalue weighted by Gasteiger charge is 2.25. The molecule has 1 amide bonds. The fourth-order valence-electron chi connectivity index (χ4n) is 3.00. The number of rotatable bonds is 3. The van der Waals surface area contributed by atoms with Gasteiger partial charge in [0.25, 0.3) is 5.91 Å². The summed E-state index contributed by atoms with van der Waals surface area (Å²) in [6.07, 6.45) is 0.544. The SMILES string of the molecule is CC(=O)Oc1ccc(C(=O)N2CCS[C@H](c3cc(F)ccc3F)CC2)cc1. The Morgan fingerprint density at radius 3 is 2.56 bits per heavy atom. The number of esters is 1. The second kappa shape index (κ2) is 8.52. The van der Waals surface area contributed by atoms with Gasteiger partial charge in [0.1, 0.15) is 17.4 Å². The monoisotopic (exact) mass is 391 g/mol. The molecule has 4 nitrogen and oxygen atoms in total. The maximum absolute atomic E-state index is 14.0. The molecular formula is C20H19F2NO3S. The van der Waals surface area contributed by atoms with Crippen LogP contribution in [-0.2, 0) is 4.79 Å². The third-order valence-corrected chi connectivity index (χ3v) is 5.61. The highest BCUT2D eigenvalue weighted by atomic mass is 32.2. The summed E-state index contributed by atoms with van der Waals surface area (Å²) in [5.41, 5.74) is 0.839. The average molecular weight is 391 g/mol. The zero-order valence-electron chi connectivity index (χ0n) is 14.8. The lowest BCUT2D eigenvalue weighted by Crippen LogP contribution is -2.32. The molecule has 3 rings (SSSR count). The molecule has 1 atom stereocenters. The van der Waals surface area contributed by atoms with Crippen molar-refractivity contribution in [3.63, 3.8) is 0 Å². The predicted octanol–water partition coefficient (Wildman–Crippen LogP) is 4.21. The number of benzene rings is 2. The molecule has 0 aliphatic carbocycles. The molecule has 2 aromatic carbocycles. The van der Waals surface area contributed by atoms with Crippen LogP contribution >= 0.6 is 11.8 Å². The Hall–Kier alpha value is -2.41. The van der Waals surface area contributed by atoms with Crippen molar-refractivity contribution in [1.29, 1.82) is 0 Å². The molecule has 1 aliphatic rings. The van der Waals surface area contributed by atoms with Gasteiger partial charge >= 0.3 is 5.97 Å². The number of hydrogen-bond donors (Lipinski definition) is 0. The fourth-order valence-corrected chi connectivity index (χ4v) is 4.24.